The minimum Gasteiger partial charge on any atom is -0.379 e. The summed E-state index contributed by atoms with van der Waals surface area (Å²) in [6, 6.07) is 8.83. The Morgan fingerprint density at radius 3 is 2.88 bits per heavy atom. The number of thiophene rings is 1. The van der Waals surface area contributed by atoms with E-state index in [1.807, 2.05) is 24.0 Å². The van der Waals surface area contributed by atoms with Crippen molar-refractivity contribution >= 4 is 32.8 Å². The average molecular weight is 359 g/mol. The largest absolute Gasteiger partial charge is 0.379 e. The highest BCUT2D eigenvalue weighted by Gasteiger charge is 2.26. The van der Waals surface area contributed by atoms with Crippen LogP contribution in [-0.4, -0.2) is 42.7 Å². The van der Waals surface area contributed by atoms with Gasteiger partial charge in [0.2, 0.25) is 0 Å². The van der Waals surface area contributed by atoms with Gasteiger partial charge in [0.15, 0.2) is 0 Å². The maximum atomic E-state index is 5.38. The molecule has 126 valence electrons. The molecular weight excluding hydrogens is 336 g/mol. The van der Waals surface area contributed by atoms with Crippen molar-refractivity contribution in [3.63, 3.8) is 0 Å². The summed E-state index contributed by atoms with van der Waals surface area (Å²) in [6.45, 7) is 3.29. The van der Waals surface area contributed by atoms with Crippen LogP contribution in [0.15, 0.2) is 35.2 Å². The van der Waals surface area contributed by atoms with Crippen molar-refractivity contribution in [1.29, 1.82) is 0 Å². The highest BCUT2D eigenvalue weighted by molar-refractivity contribution is 7.19. The summed E-state index contributed by atoms with van der Waals surface area (Å²) < 4.78 is 6.79. The van der Waals surface area contributed by atoms with Gasteiger partial charge in [-0.15, -0.1) is 22.7 Å². The number of fused-ring (bicyclic) bond motifs is 1. The molecule has 0 N–H and O–H groups in total. The lowest BCUT2D eigenvalue weighted by atomic mass is 10.0. The third-order valence-corrected chi connectivity index (χ3v) is 6.72. The fraction of sp³-hybridized carbons (Fsp3) is 0.421. The van der Waals surface area contributed by atoms with Gasteiger partial charge in [0.05, 0.1) is 17.3 Å². The van der Waals surface area contributed by atoms with Crippen LogP contribution in [0.5, 0.6) is 0 Å². The molecule has 0 aliphatic carbocycles. The molecule has 1 saturated heterocycles. The summed E-state index contributed by atoms with van der Waals surface area (Å²) in [5.74, 6) is 0. The van der Waals surface area contributed by atoms with E-state index in [1.54, 1.807) is 16.2 Å². The van der Waals surface area contributed by atoms with Crippen molar-refractivity contribution in [2.45, 2.75) is 25.4 Å². The molecule has 0 atom stereocenters. The third-order valence-electron chi connectivity index (χ3n) is 4.81. The lowest BCUT2D eigenvalue weighted by molar-refractivity contribution is -0.0284. The second-order valence-corrected chi connectivity index (χ2v) is 8.20. The van der Waals surface area contributed by atoms with Crippen LogP contribution in [0.2, 0.25) is 0 Å². The zero-order chi connectivity index (χ0) is 16.4. The van der Waals surface area contributed by atoms with E-state index in [1.165, 1.54) is 21.3 Å². The van der Waals surface area contributed by atoms with E-state index in [0.29, 0.717) is 6.10 Å². The van der Waals surface area contributed by atoms with Crippen molar-refractivity contribution in [3.05, 3.63) is 51.3 Å². The first-order valence-corrected chi connectivity index (χ1v) is 10.2. The molecule has 3 aromatic rings. The van der Waals surface area contributed by atoms with E-state index in [9.17, 15) is 0 Å². The van der Waals surface area contributed by atoms with Crippen molar-refractivity contribution < 1.29 is 4.74 Å². The molecule has 1 aromatic carbocycles. The molecule has 0 bridgehead atoms. The first-order valence-electron chi connectivity index (χ1n) is 8.45. The molecule has 0 unspecified atom stereocenters. The van der Waals surface area contributed by atoms with Gasteiger partial charge in [-0.1, -0.05) is 18.2 Å². The molecule has 1 aliphatic heterocycles. The second-order valence-electron chi connectivity index (χ2n) is 6.35. The summed E-state index contributed by atoms with van der Waals surface area (Å²) in [6.07, 6.45) is 3.70. The van der Waals surface area contributed by atoms with E-state index in [2.05, 4.69) is 39.5 Å². The van der Waals surface area contributed by atoms with Crippen LogP contribution in [0.4, 0.5) is 0 Å². The number of ether oxygens (including phenoxy) is 1. The van der Waals surface area contributed by atoms with Gasteiger partial charge in [-0.05, 0) is 36.3 Å². The minimum absolute atomic E-state index is 0.441. The number of likely N-dealkylation sites (tertiary alicyclic amines) is 1. The van der Waals surface area contributed by atoms with E-state index in [0.717, 1.165) is 38.9 Å². The lowest BCUT2D eigenvalue weighted by Crippen LogP contribution is -2.52. The van der Waals surface area contributed by atoms with Crippen molar-refractivity contribution in [3.8, 4) is 0 Å². The van der Waals surface area contributed by atoms with E-state index >= 15 is 0 Å². The molecule has 1 aliphatic rings. The Morgan fingerprint density at radius 2 is 2.08 bits per heavy atom. The molecule has 3 nitrogen and oxygen atoms in total. The Bertz CT molecular complexity index is 791. The Kier molecular flexibility index (Phi) is 4.94. The zero-order valence-corrected chi connectivity index (χ0v) is 15.5. The summed E-state index contributed by atoms with van der Waals surface area (Å²) >= 11 is 3.65. The molecule has 4 rings (SSSR count). The molecule has 0 amide bonds. The Balaban J connectivity index is 1.49. The number of hydrogen-bond donors (Lipinski definition) is 0. The summed E-state index contributed by atoms with van der Waals surface area (Å²) in [7, 11) is 1.81. The number of methoxy groups -OCH3 is 1. The summed E-state index contributed by atoms with van der Waals surface area (Å²) in [5.41, 5.74) is 4.68. The van der Waals surface area contributed by atoms with Gasteiger partial charge < -0.3 is 4.74 Å². The molecule has 0 spiro atoms. The number of thiazole rings is 1. The van der Waals surface area contributed by atoms with Gasteiger partial charge >= 0.3 is 0 Å². The van der Waals surface area contributed by atoms with Crippen LogP contribution in [0, 0.1) is 0 Å². The maximum Gasteiger partial charge on any atom is 0.0824 e. The van der Waals surface area contributed by atoms with Gasteiger partial charge in [0.25, 0.3) is 0 Å². The van der Waals surface area contributed by atoms with E-state index in [4.69, 9.17) is 4.74 Å². The average Bonchev–Trinajstić information content (AvgIpc) is 3.19. The second kappa shape index (κ2) is 7.31. The Morgan fingerprint density at radius 1 is 1.21 bits per heavy atom. The fourth-order valence-electron chi connectivity index (χ4n) is 3.35. The van der Waals surface area contributed by atoms with Crippen LogP contribution in [0.3, 0.4) is 0 Å². The fourth-order valence-corrected chi connectivity index (χ4v) is 5.19. The normalized spacial score (nSPS) is 15.9. The van der Waals surface area contributed by atoms with Gasteiger partial charge in [0, 0.05) is 41.7 Å². The highest BCUT2D eigenvalue weighted by atomic mass is 32.1. The zero-order valence-electron chi connectivity index (χ0n) is 13.9. The lowest BCUT2D eigenvalue weighted by Gasteiger charge is -2.38. The molecule has 0 saturated carbocycles. The predicted molar refractivity (Wildman–Crippen MR) is 102 cm³/mol. The topological polar surface area (TPSA) is 25.4 Å². The van der Waals surface area contributed by atoms with Crippen molar-refractivity contribution in [2.24, 2.45) is 0 Å². The van der Waals surface area contributed by atoms with Gasteiger partial charge in [-0.25, -0.2) is 4.98 Å². The third kappa shape index (κ3) is 3.40. The molecule has 2 aromatic heterocycles. The molecule has 24 heavy (non-hydrogen) atoms. The summed E-state index contributed by atoms with van der Waals surface area (Å²) in [4.78, 5) is 8.48. The standard InChI is InChI=1S/C19H22N2OS2/c1-22-15-10-21(11-15)9-8-19-17(7-6-14-12-23-13-20-14)16-4-2-3-5-18(16)24-19/h2-5,12-13,15H,6-11H2,1H3. The molecule has 0 radical (unpaired) electrons. The summed E-state index contributed by atoms with van der Waals surface area (Å²) in [5, 5.41) is 3.60. The number of aromatic nitrogens is 1. The molecule has 1 fully saturated rings. The predicted octanol–water partition coefficient (Wildman–Crippen LogP) is 4.02. The minimum atomic E-state index is 0.441. The van der Waals surface area contributed by atoms with Gasteiger partial charge in [0.1, 0.15) is 0 Å². The first kappa shape index (κ1) is 16.2. The van der Waals surface area contributed by atoms with Crippen LogP contribution in [0.1, 0.15) is 16.1 Å². The van der Waals surface area contributed by atoms with Crippen LogP contribution in [-0.2, 0) is 24.0 Å². The number of hydrogen-bond acceptors (Lipinski definition) is 5. The smallest absolute Gasteiger partial charge is 0.0824 e. The van der Waals surface area contributed by atoms with Gasteiger partial charge in [-0.2, -0.15) is 0 Å². The Labute approximate surface area is 150 Å². The monoisotopic (exact) mass is 358 g/mol. The van der Waals surface area contributed by atoms with Crippen molar-refractivity contribution in [1.82, 2.24) is 9.88 Å². The van der Waals surface area contributed by atoms with Crippen LogP contribution in [0.25, 0.3) is 10.1 Å². The first-order chi connectivity index (χ1) is 11.8. The number of benzene rings is 1. The quantitative estimate of drug-likeness (QED) is 0.638. The highest BCUT2D eigenvalue weighted by Crippen LogP contribution is 2.33. The van der Waals surface area contributed by atoms with Crippen LogP contribution >= 0.6 is 22.7 Å². The van der Waals surface area contributed by atoms with E-state index in [-0.39, 0.29) is 0 Å². The number of aryl methyl sites for hydroxylation is 2. The SMILES string of the molecule is COC1CN(CCc2sc3ccccc3c2CCc2cscn2)C1. The number of rotatable bonds is 7. The molecular formula is C19H22N2OS2. The molecule has 3 heterocycles. The van der Waals surface area contributed by atoms with Gasteiger partial charge in [-0.3, -0.25) is 4.90 Å². The molecule has 5 heteroatoms. The number of nitrogens with zero attached hydrogens (tertiary/aromatic N) is 2. The van der Waals surface area contributed by atoms with Crippen LogP contribution < -0.4 is 0 Å². The maximum absolute atomic E-state index is 5.38. The van der Waals surface area contributed by atoms with Crippen molar-refractivity contribution in [2.75, 3.05) is 26.7 Å². The Hall–Kier alpha value is -1.27. The van der Waals surface area contributed by atoms with E-state index < -0.39 is 0 Å².